The molecule has 2 N–H and O–H groups in total. The minimum absolute atomic E-state index is 0.0956. The van der Waals surface area contributed by atoms with Gasteiger partial charge < -0.3 is 10.6 Å². The molecular weight excluding hydrogens is 248 g/mol. The fourth-order valence-corrected chi connectivity index (χ4v) is 2.80. The van der Waals surface area contributed by atoms with Crippen LogP contribution >= 0.6 is 0 Å². The molecule has 0 spiro atoms. The lowest BCUT2D eigenvalue weighted by Gasteiger charge is -2.21. The van der Waals surface area contributed by atoms with Crippen molar-refractivity contribution in [3.63, 3.8) is 0 Å². The number of carbonyl (C=O) groups excluding carboxylic acids is 1. The van der Waals surface area contributed by atoms with Gasteiger partial charge >= 0.3 is 0 Å². The second-order valence-corrected chi connectivity index (χ2v) is 6.18. The molecule has 110 valence electrons. The van der Waals surface area contributed by atoms with E-state index in [0.717, 1.165) is 37.1 Å². The van der Waals surface area contributed by atoms with E-state index >= 15 is 0 Å². The van der Waals surface area contributed by atoms with Crippen LogP contribution in [0.25, 0.3) is 0 Å². The zero-order valence-electron chi connectivity index (χ0n) is 13.0. The summed E-state index contributed by atoms with van der Waals surface area (Å²) < 4.78 is 0. The maximum atomic E-state index is 12.0. The molecular formula is C17H26N2O. The van der Waals surface area contributed by atoms with Crippen molar-refractivity contribution in [1.82, 2.24) is 5.32 Å². The topological polar surface area (TPSA) is 41.1 Å². The van der Waals surface area contributed by atoms with Crippen molar-refractivity contribution in [3.05, 3.63) is 29.3 Å². The molecule has 3 nitrogen and oxygen atoms in total. The van der Waals surface area contributed by atoms with Crippen LogP contribution in [-0.2, 0) is 10.2 Å². The molecule has 1 heterocycles. The Labute approximate surface area is 122 Å². The highest BCUT2D eigenvalue weighted by Gasteiger charge is 2.38. The van der Waals surface area contributed by atoms with Gasteiger partial charge in [-0.25, -0.2) is 0 Å². The minimum atomic E-state index is -0.424. The number of nitrogens with one attached hydrogen (secondary N) is 2. The Morgan fingerprint density at radius 1 is 1.25 bits per heavy atom. The largest absolute Gasteiger partial charge is 0.325 e. The van der Waals surface area contributed by atoms with E-state index in [1.54, 1.807) is 0 Å². The average Bonchev–Trinajstić information content (AvgIpc) is 2.65. The summed E-state index contributed by atoms with van der Waals surface area (Å²) in [6.07, 6.45) is 3.41. The number of benzene rings is 1. The quantitative estimate of drug-likeness (QED) is 0.829. The number of anilines is 1. The van der Waals surface area contributed by atoms with Crippen molar-refractivity contribution in [2.45, 2.75) is 58.4 Å². The standard InChI is InChI=1S/C17H26N2O/c1-5-7-14(18-10-6-2)12-8-9-15-13(11-12)17(3,4)16(20)19-15/h8-9,11,14,18H,5-7,10H2,1-4H3,(H,19,20). The molecule has 0 saturated heterocycles. The Morgan fingerprint density at radius 2 is 2.00 bits per heavy atom. The maximum Gasteiger partial charge on any atom is 0.234 e. The highest BCUT2D eigenvalue weighted by Crippen LogP contribution is 2.38. The van der Waals surface area contributed by atoms with Gasteiger partial charge in [-0.2, -0.15) is 0 Å². The molecule has 1 aliphatic rings. The Morgan fingerprint density at radius 3 is 2.65 bits per heavy atom. The summed E-state index contributed by atoms with van der Waals surface area (Å²) in [6.45, 7) is 9.41. The van der Waals surface area contributed by atoms with Crippen molar-refractivity contribution in [1.29, 1.82) is 0 Å². The van der Waals surface area contributed by atoms with Gasteiger partial charge in [0, 0.05) is 11.7 Å². The Balaban J connectivity index is 2.30. The number of hydrogen-bond acceptors (Lipinski definition) is 2. The van der Waals surface area contributed by atoms with Gasteiger partial charge in [0.2, 0.25) is 5.91 Å². The van der Waals surface area contributed by atoms with E-state index < -0.39 is 5.41 Å². The molecule has 1 aromatic rings. The van der Waals surface area contributed by atoms with Gasteiger partial charge in [0.05, 0.1) is 5.41 Å². The first-order valence-electron chi connectivity index (χ1n) is 7.70. The van der Waals surface area contributed by atoms with Crippen LogP contribution in [0.1, 0.15) is 64.1 Å². The second-order valence-electron chi connectivity index (χ2n) is 6.18. The lowest BCUT2D eigenvalue weighted by Crippen LogP contribution is -2.27. The normalized spacial score (nSPS) is 17.7. The van der Waals surface area contributed by atoms with Crippen LogP contribution in [0.2, 0.25) is 0 Å². The molecule has 0 bridgehead atoms. The predicted octanol–water partition coefficient (Wildman–Crippen LogP) is 3.76. The van der Waals surface area contributed by atoms with Gasteiger partial charge in [-0.3, -0.25) is 4.79 Å². The number of fused-ring (bicyclic) bond motifs is 1. The van der Waals surface area contributed by atoms with Gasteiger partial charge in [-0.05, 0) is 50.4 Å². The van der Waals surface area contributed by atoms with Gasteiger partial charge in [-0.15, -0.1) is 0 Å². The smallest absolute Gasteiger partial charge is 0.234 e. The zero-order valence-corrected chi connectivity index (χ0v) is 13.0. The van der Waals surface area contributed by atoms with E-state index in [1.807, 2.05) is 19.9 Å². The molecule has 0 saturated carbocycles. The highest BCUT2D eigenvalue weighted by molar-refractivity contribution is 6.05. The fraction of sp³-hybridized carbons (Fsp3) is 0.588. The highest BCUT2D eigenvalue weighted by atomic mass is 16.2. The van der Waals surface area contributed by atoms with E-state index in [-0.39, 0.29) is 5.91 Å². The van der Waals surface area contributed by atoms with Gasteiger partial charge in [0.25, 0.3) is 0 Å². The van der Waals surface area contributed by atoms with Crippen LogP contribution in [0.5, 0.6) is 0 Å². The van der Waals surface area contributed by atoms with Crippen molar-refractivity contribution in [3.8, 4) is 0 Å². The molecule has 2 rings (SSSR count). The van der Waals surface area contributed by atoms with Crippen LogP contribution in [0, 0.1) is 0 Å². The third-order valence-electron chi connectivity index (χ3n) is 4.15. The lowest BCUT2D eigenvalue weighted by atomic mass is 9.84. The van der Waals surface area contributed by atoms with Crippen molar-refractivity contribution >= 4 is 11.6 Å². The molecule has 0 fully saturated rings. The van der Waals surface area contributed by atoms with Crippen LogP contribution in [0.3, 0.4) is 0 Å². The van der Waals surface area contributed by atoms with Crippen LogP contribution < -0.4 is 10.6 Å². The summed E-state index contributed by atoms with van der Waals surface area (Å²) in [5.41, 5.74) is 2.96. The first kappa shape index (κ1) is 15.0. The first-order valence-corrected chi connectivity index (χ1v) is 7.70. The zero-order chi connectivity index (χ0) is 14.8. The minimum Gasteiger partial charge on any atom is -0.325 e. The molecule has 1 unspecified atom stereocenters. The molecule has 3 heteroatoms. The Bertz CT molecular complexity index is 494. The monoisotopic (exact) mass is 274 g/mol. The lowest BCUT2D eigenvalue weighted by molar-refractivity contribution is -0.119. The van der Waals surface area contributed by atoms with Crippen molar-refractivity contribution in [2.24, 2.45) is 0 Å². The molecule has 1 amide bonds. The number of amides is 1. The summed E-state index contributed by atoms with van der Waals surface area (Å²) in [5.74, 6) is 0.0956. The fourth-order valence-electron chi connectivity index (χ4n) is 2.80. The number of hydrogen-bond donors (Lipinski definition) is 2. The van der Waals surface area contributed by atoms with Crippen LogP contribution in [0.4, 0.5) is 5.69 Å². The summed E-state index contributed by atoms with van der Waals surface area (Å²) in [6, 6.07) is 6.78. The van der Waals surface area contributed by atoms with E-state index in [9.17, 15) is 4.79 Å². The molecule has 1 aromatic carbocycles. The van der Waals surface area contributed by atoms with Gasteiger partial charge in [0.1, 0.15) is 0 Å². The molecule has 1 aliphatic heterocycles. The first-order chi connectivity index (χ1) is 9.50. The third-order valence-corrected chi connectivity index (χ3v) is 4.15. The summed E-state index contributed by atoms with van der Waals surface area (Å²) >= 11 is 0. The van der Waals surface area contributed by atoms with E-state index in [1.165, 1.54) is 5.56 Å². The summed E-state index contributed by atoms with van der Waals surface area (Å²) in [4.78, 5) is 12.0. The SMILES string of the molecule is CCCNC(CCC)c1ccc2c(c1)C(C)(C)C(=O)N2. The Kier molecular flexibility index (Phi) is 4.48. The average molecular weight is 274 g/mol. The van der Waals surface area contributed by atoms with E-state index in [2.05, 4.69) is 36.6 Å². The number of rotatable bonds is 6. The summed E-state index contributed by atoms with van der Waals surface area (Å²) in [5, 5.41) is 6.58. The maximum absolute atomic E-state index is 12.0. The molecule has 20 heavy (non-hydrogen) atoms. The van der Waals surface area contributed by atoms with Crippen molar-refractivity contribution in [2.75, 3.05) is 11.9 Å². The number of carbonyl (C=O) groups is 1. The molecule has 0 radical (unpaired) electrons. The van der Waals surface area contributed by atoms with E-state index in [0.29, 0.717) is 6.04 Å². The third kappa shape index (κ3) is 2.73. The van der Waals surface area contributed by atoms with E-state index in [4.69, 9.17) is 0 Å². The molecule has 1 atom stereocenters. The molecule has 0 aromatic heterocycles. The van der Waals surface area contributed by atoms with Gasteiger partial charge in [0.15, 0.2) is 0 Å². The second kappa shape index (κ2) is 5.96. The molecule has 0 aliphatic carbocycles. The summed E-state index contributed by atoms with van der Waals surface area (Å²) in [7, 11) is 0. The van der Waals surface area contributed by atoms with Crippen LogP contribution in [0.15, 0.2) is 18.2 Å². The van der Waals surface area contributed by atoms with Crippen molar-refractivity contribution < 1.29 is 4.79 Å². The van der Waals surface area contributed by atoms with Crippen LogP contribution in [-0.4, -0.2) is 12.5 Å². The van der Waals surface area contributed by atoms with Gasteiger partial charge in [-0.1, -0.05) is 32.4 Å². The Hall–Kier alpha value is -1.35. The predicted molar refractivity (Wildman–Crippen MR) is 84.0 cm³/mol.